The predicted octanol–water partition coefficient (Wildman–Crippen LogP) is 2.10. The third-order valence-electron chi connectivity index (χ3n) is 2.78. The molecule has 2 aromatic rings. The lowest BCUT2D eigenvalue weighted by molar-refractivity contribution is -0.385. The number of nitrogens with one attached hydrogen (secondary N) is 1. The van der Waals surface area contributed by atoms with Crippen LogP contribution in [0.3, 0.4) is 0 Å². The Labute approximate surface area is 121 Å². The summed E-state index contributed by atoms with van der Waals surface area (Å²) in [5.41, 5.74) is -0.267. The van der Waals surface area contributed by atoms with Gasteiger partial charge in [-0.2, -0.15) is 0 Å². The van der Waals surface area contributed by atoms with E-state index < -0.39 is 21.0 Å². The van der Waals surface area contributed by atoms with Crippen molar-refractivity contribution in [3.8, 4) is 0 Å². The molecule has 1 aromatic heterocycles. The van der Waals surface area contributed by atoms with Gasteiger partial charge in [-0.3, -0.25) is 10.1 Å². The zero-order valence-electron chi connectivity index (χ0n) is 11.2. The summed E-state index contributed by atoms with van der Waals surface area (Å²) in [6.07, 6.45) is 1.90. The van der Waals surface area contributed by atoms with Crippen LogP contribution in [0.15, 0.2) is 52.0 Å². The van der Waals surface area contributed by atoms with E-state index in [4.69, 9.17) is 4.42 Å². The van der Waals surface area contributed by atoms with Crippen LogP contribution in [-0.4, -0.2) is 19.4 Å². The van der Waals surface area contributed by atoms with Crippen LogP contribution in [0, 0.1) is 10.1 Å². The number of rotatable bonds is 6. The van der Waals surface area contributed by atoms with Crippen molar-refractivity contribution in [2.45, 2.75) is 24.3 Å². The van der Waals surface area contributed by atoms with Crippen LogP contribution in [0.1, 0.15) is 12.7 Å². The predicted molar refractivity (Wildman–Crippen MR) is 75.3 cm³/mol. The minimum Gasteiger partial charge on any atom is -0.469 e. The SMILES string of the molecule is CC(Cc1ccco1)NS(=O)(=O)c1cccc([N+](=O)[O-])c1. The molecule has 1 unspecified atom stereocenters. The molecule has 0 bridgehead atoms. The maximum atomic E-state index is 12.2. The lowest BCUT2D eigenvalue weighted by atomic mass is 10.2. The summed E-state index contributed by atoms with van der Waals surface area (Å²) in [5.74, 6) is 0.657. The Kier molecular flexibility index (Phi) is 4.39. The number of benzene rings is 1. The largest absolute Gasteiger partial charge is 0.469 e. The van der Waals surface area contributed by atoms with E-state index in [1.807, 2.05) is 0 Å². The lowest BCUT2D eigenvalue weighted by Gasteiger charge is -2.13. The second-order valence-corrected chi connectivity index (χ2v) is 6.27. The van der Waals surface area contributed by atoms with Gasteiger partial charge < -0.3 is 4.42 Å². The highest BCUT2D eigenvalue weighted by Gasteiger charge is 2.20. The van der Waals surface area contributed by atoms with Crippen molar-refractivity contribution in [3.05, 3.63) is 58.5 Å². The smallest absolute Gasteiger partial charge is 0.270 e. The van der Waals surface area contributed by atoms with E-state index in [1.165, 1.54) is 24.5 Å². The highest BCUT2D eigenvalue weighted by molar-refractivity contribution is 7.89. The van der Waals surface area contributed by atoms with Crippen LogP contribution >= 0.6 is 0 Å². The first-order valence-corrected chi connectivity index (χ1v) is 7.66. The minimum absolute atomic E-state index is 0.136. The van der Waals surface area contributed by atoms with E-state index in [0.717, 1.165) is 6.07 Å². The number of hydrogen-bond acceptors (Lipinski definition) is 5. The molecule has 0 fully saturated rings. The summed E-state index contributed by atoms with van der Waals surface area (Å²) in [6.45, 7) is 1.69. The summed E-state index contributed by atoms with van der Waals surface area (Å²) in [5, 5.41) is 10.7. The quantitative estimate of drug-likeness (QED) is 0.650. The Morgan fingerprint density at radius 3 is 2.71 bits per heavy atom. The van der Waals surface area contributed by atoms with Gasteiger partial charge in [0.2, 0.25) is 10.0 Å². The fourth-order valence-electron chi connectivity index (χ4n) is 1.87. The Bertz CT molecular complexity index is 725. The zero-order valence-corrected chi connectivity index (χ0v) is 12.0. The average Bonchev–Trinajstić information content (AvgIpc) is 2.91. The molecule has 7 nitrogen and oxygen atoms in total. The molecule has 8 heteroatoms. The van der Waals surface area contributed by atoms with E-state index in [1.54, 1.807) is 19.1 Å². The molecule has 0 aliphatic heterocycles. The molecular formula is C13H14N2O5S. The fourth-order valence-corrected chi connectivity index (χ4v) is 3.15. The highest BCUT2D eigenvalue weighted by Crippen LogP contribution is 2.17. The van der Waals surface area contributed by atoms with Gasteiger partial charge in [0.15, 0.2) is 0 Å². The van der Waals surface area contributed by atoms with Crippen LogP contribution in [0.25, 0.3) is 0 Å². The van der Waals surface area contributed by atoms with Crippen LogP contribution in [-0.2, 0) is 16.4 Å². The molecule has 0 radical (unpaired) electrons. The van der Waals surface area contributed by atoms with Crippen LogP contribution in [0.4, 0.5) is 5.69 Å². The zero-order chi connectivity index (χ0) is 15.5. The van der Waals surface area contributed by atoms with E-state index >= 15 is 0 Å². The summed E-state index contributed by atoms with van der Waals surface area (Å²) in [7, 11) is -3.81. The molecule has 0 spiro atoms. The molecule has 1 heterocycles. The molecule has 1 atom stereocenters. The van der Waals surface area contributed by atoms with Crippen molar-refractivity contribution in [2.75, 3.05) is 0 Å². The highest BCUT2D eigenvalue weighted by atomic mass is 32.2. The van der Waals surface area contributed by atoms with Gasteiger partial charge in [-0.15, -0.1) is 0 Å². The monoisotopic (exact) mass is 310 g/mol. The van der Waals surface area contributed by atoms with Gasteiger partial charge in [0, 0.05) is 24.6 Å². The second-order valence-electron chi connectivity index (χ2n) is 4.56. The molecule has 1 aromatic carbocycles. The lowest BCUT2D eigenvalue weighted by Crippen LogP contribution is -2.34. The Morgan fingerprint density at radius 2 is 2.10 bits per heavy atom. The molecule has 0 saturated heterocycles. The van der Waals surface area contributed by atoms with Gasteiger partial charge in [-0.25, -0.2) is 13.1 Å². The van der Waals surface area contributed by atoms with Crippen molar-refractivity contribution in [1.82, 2.24) is 4.72 Å². The Balaban J connectivity index is 2.14. The maximum Gasteiger partial charge on any atom is 0.270 e. The third kappa shape index (κ3) is 3.89. The van der Waals surface area contributed by atoms with Crippen LogP contribution in [0.5, 0.6) is 0 Å². The third-order valence-corrected chi connectivity index (χ3v) is 4.37. The number of nitrogens with zero attached hydrogens (tertiary/aromatic N) is 1. The molecule has 0 aliphatic rings. The molecular weight excluding hydrogens is 296 g/mol. The first kappa shape index (κ1) is 15.2. The second kappa shape index (κ2) is 6.06. The van der Waals surface area contributed by atoms with E-state index in [9.17, 15) is 18.5 Å². The van der Waals surface area contributed by atoms with Gasteiger partial charge in [-0.05, 0) is 25.1 Å². The molecule has 0 saturated carbocycles. The summed E-state index contributed by atoms with van der Waals surface area (Å²) in [4.78, 5) is 9.92. The maximum absolute atomic E-state index is 12.2. The van der Waals surface area contributed by atoms with Crippen molar-refractivity contribution < 1.29 is 17.8 Å². The Hall–Kier alpha value is -2.19. The van der Waals surface area contributed by atoms with Gasteiger partial charge in [0.25, 0.3) is 5.69 Å². The first-order chi connectivity index (χ1) is 9.88. The molecule has 2 rings (SSSR count). The van der Waals surface area contributed by atoms with Gasteiger partial charge in [-0.1, -0.05) is 6.07 Å². The van der Waals surface area contributed by atoms with Gasteiger partial charge in [0.05, 0.1) is 16.1 Å². The number of nitro benzene ring substituents is 1. The summed E-state index contributed by atoms with van der Waals surface area (Å²) >= 11 is 0. The number of hydrogen-bond donors (Lipinski definition) is 1. The molecule has 112 valence electrons. The average molecular weight is 310 g/mol. The normalized spacial score (nSPS) is 13.0. The van der Waals surface area contributed by atoms with Crippen LogP contribution < -0.4 is 4.72 Å². The van der Waals surface area contributed by atoms with Crippen molar-refractivity contribution in [3.63, 3.8) is 0 Å². The van der Waals surface area contributed by atoms with Crippen molar-refractivity contribution >= 4 is 15.7 Å². The first-order valence-electron chi connectivity index (χ1n) is 6.17. The number of sulfonamides is 1. The number of nitro groups is 1. The van der Waals surface area contributed by atoms with Crippen LogP contribution in [0.2, 0.25) is 0 Å². The van der Waals surface area contributed by atoms with Gasteiger partial charge >= 0.3 is 0 Å². The molecule has 0 aliphatic carbocycles. The fraction of sp³-hybridized carbons (Fsp3) is 0.231. The summed E-state index contributed by atoms with van der Waals surface area (Å²) in [6, 6.07) is 7.99. The minimum atomic E-state index is -3.81. The van der Waals surface area contributed by atoms with Crippen molar-refractivity contribution in [1.29, 1.82) is 0 Å². The van der Waals surface area contributed by atoms with E-state index in [0.29, 0.717) is 12.2 Å². The van der Waals surface area contributed by atoms with E-state index in [2.05, 4.69) is 4.72 Å². The summed E-state index contributed by atoms with van der Waals surface area (Å²) < 4.78 is 32.0. The topological polar surface area (TPSA) is 102 Å². The number of furan rings is 1. The van der Waals surface area contributed by atoms with E-state index in [-0.39, 0.29) is 10.6 Å². The van der Waals surface area contributed by atoms with Crippen molar-refractivity contribution in [2.24, 2.45) is 0 Å². The standard InChI is InChI=1S/C13H14N2O5S/c1-10(8-12-5-3-7-20-12)14-21(18,19)13-6-2-4-11(9-13)15(16)17/h2-7,9-10,14H,8H2,1H3. The van der Waals surface area contributed by atoms with Gasteiger partial charge in [0.1, 0.15) is 5.76 Å². The number of non-ortho nitro benzene ring substituents is 1. The Morgan fingerprint density at radius 1 is 1.33 bits per heavy atom. The molecule has 0 amide bonds. The molecule has 1 N–H and O–H groups in total. The molecule has 21 heavy (non-hydrogen) atoms.